The minimum absolute atomic E-state index is 0.170. The zero-order valence-corrected chi connectivity index (χ0v) is 8.64. The van der Waals surface area contributed by atoms with Crippen LogP contribution < -0.4 is 5.32 Å². The van der Waals surface area contributed by atoms with E-state index in [1.807, 2.05) is 6.92 Å². The maximum absolute atomic E-state index is 9.00. The highest BCUT2D eigenvalue weighted by atomic mass is 16.3. The number of aliphatic hydroxyl groups excluding tert-OH is 1. The van der Waals surface area contributed by atoms with E-state index in [0.29, 0.717) is 6.04 Å². The molecule has 0 fully saturated rings. The minimum atomic E-state index is -0.170. The molecule has 0 bridgehead atoms. The molecule has 2 nitrogen and oxygen atoms in total. The molecule has 0 amide bonds. The van der Waals surface area contributed by atoms with E-state index < -0.39 is 0 Å². The normalized spacial score (nSPS) is 16.0. The summed E-state index contributed by atoms with van der Waals surface area (Å²) in [4.78, 5) is 0. The van der Waals surface area contributed by atoms with Gasteiger partial charge in [0.2, 0.25) is 0 Å². The van der Waals surface area contributed by atoms with Gasteiger partial charge in [0.15, 0.2) is 0 Å². The third kappa shape index (κ3) is 8.02. The first-order chi connectivity index (χ1) is 5.66. The smallest absolute Gasteiger partial charge is 0.0524 e. The van der Waals surface area contributed by atoms with Gasteiger partial charge in [-0.1, -0.05) is 19.8 Å². The zero-order valence-electron chi connectivity index (χ0n) is 8.64. The van der Waals surface area contributed by atoms with Crippen LogP contribution in [0, 0.1) is 0 Å². The predicted molar refractivity (Wildman–Crippen MR) is 53.3 cm³/mol. The molecule has 74 valence electrons. The fourth-order valence-corrected chi connectivity index (χ4v) is 1.15. The fourth-order valence-electron chi connectivity index (χ4n) is 1.15. The number of unbranched alkanes of at least 4 members (excludes halogenated alkanes) is 1. The zero-order chi connectivity index (χ0) is 9.40. The van der Waals surface area contributed by atoms with Gasteiger partial charge in [-0.25, -0.2) is 0 Å². The molecule has 0 aromatic rings. The second-order valence-corrected chi connectivity index (χ2v) is 3.64. The molecular formula is C10H23NO. The van der Waals surface area contributed by atoms with Crippen molar-refractivity contribution in [2.24, 2.45) is 0 Å². The van der Waals surface area contributed by atoms with Gasteiger partial charge >= 0.3 is 0 Å². The molecule has 2 atom stereocenters. The third-order valence-corrected chi connectivity index (χ3v) is 2.05. The Hall–Kier alpha value is -0.0800. The summed E-state index contributed by atoms with van der Waals surface area (Å²) in [5.74, 6) is 0. The monoisotopic (exact) mass is 173 g/mol. The van der Waals surface area contributed by atoms with Crippen LogP contribution in [-0.4, -0.2) is 23.8 Å². The van der Waals surface area contributed by atoms with Crippen LogP contribution in [0.2, 0.25) is 0 Å². The van der Waals surface area contributed by atoms with Crippen LogP contribution in [-0.2, 0) is 0 Å². The van der Waals surface area contributed by atoms with Crippen molar-refractivity contribution in [3.05, 3.63) is 0 Å². The van der Waals surface area contributed by atoms with E-state index in [-0.39, 0.29) is 6.10 Å². The lowest BCUT2D eigenvalue weighted by Gasteiger charge is -2.13. The maximum atomic E-state index is 9.00. The highest BCUT2D eigenvalue weighted by Gasteiger charge is 2.00. The van der Waals surface area contributed by atoms with Crippen molar-refractivity contribution in [1.82, 2.24) is 5.32 Å². The van der Waals surface area contributed by atoms with Gasteiger partial charge in [0.25, 0.3) is 0 Å². The Morgan fingerprint density at radius 1 is 1.25 bits per heavy atom. The summed E-state index contributed by atoms with van der Waals surface area (Å²) < 4.78 is 0. The second-order valence-electron chi connectivity index (χ2n) is 3.64. The Kier molecular flexibility index (Phi) is 7.51. The highest BCUT2D eigenvalue weighted by molar-refractivity contribution is 4.61. The van der Waals surface area contributed by atoms with Gasteiger partial charge in [0, 0.05) is 6.04 Å². The van der Waals surface area contributed by atoms with Crippen LogP contribution in [0.5, 0.6) is 0 Å². The highest BCUT2D eigenvalue weighted by Crippen LogP contribution is 1.99. The summed E-state index contributed by atoms with van der Waals surface area (Å²) in [5, 5.41) is 12.4. The first-order valence-corrected chi connectivity index (χ1v) is 5.08. The number of aliphatic hydroxyl groups is 1. The van der Waals surface area contributed by atoms with Crippen LogP contribution in [0.3, 0.4) is 0 Å². The lowest BCUT2D eigenvalue weighted by atomic mass is 10.1. The van der Waals surface area contributed by atoms with Gasteiger partial charge in [0.1, 0.15) is 0 Å². The Bertz CT molecular complexity index is 93.8. The fraction of sp³-hybridized carbons (Fsp3) is 1.00. The molecule has 0 heterocycles. The quantitative estimate of drug-likeness (QED) is 0.616. The van der Waals surface area contributed by atoms with Crippen molar-refractivity contribution in [3.63, 3.8) is 0 Å². The molecule has 2 unspecified atom stereocenters. The lowest BCUT2D eigenvalue weighted by molar-refractivity contribution is 0.182. The molecule has 0 aliphatic carbocycles. The van der Waals surface area contributed by atoms with Gasteiger partial charge in [-0.3, -0.25) is 0 Å². The average molecular weight is 173 g/mol. The van der Waals surface area contributed by atoms with E-state index in [1.54, 1.807) is 0 Å². The van der Waals surface area contributed by atoms with Crippen LogP contribution in [0.15, 0.2) is 0 Å². The largest absolute Gasteiger partial charge is 0.393 e. The molecule has 2 N–H and O–H groups in total. The molecule has 0 saturated carbocycles. The van der Waals surface area contributed by atoms with E-state index >= 15 is 0 Å². The number of rotatable bonds is 7. The number of hydrogen-bond acceptors (Lipinski definition) is 2. The van der Waals surface area contributed by atoms with Crippen LogP contribution >= 0.6 is 0 Å². The van der Waals surface area contributed by atoms with E-state index in [0.717, 1.165) is 13.0 Å². The van der Waals surface area contributed by atoms with Crippen LogP contribution in [0.1, 0.15) is 46.5 Å². The van der Waals surface area contributed by atoms with Crippen LogP contribution in [0.4, 0.5) is 0 Å². The summed E-state index contributed by atoms with van der Waals surface area (Å²) >= 11 is 0. The molecule has 0 aromatic heterocycles. The SMILES string of the molecule is CCCCC(C)NCCC(C)O. The van der Waals surface area contributed by atoms with E-state index in [9.17, 15) is 0 Å². The molecular weight excluding hydrogens is 150 g/mol. The summed E-state index contributed by atoms with van der Waals surface area (Å²) in [7, 11) is 0. The van der Waals surface area contributed by atoms with Crippen LogP contribution in [0.25, 0.3) is 0 Å². The van der Waals surface area contributed by atoms with Crippen molar-refractivity contribution < 1.29 is 5.11 Å². The van der Waals surface area contributed by atoms with Gasteiger partial charge in [-0.15, -0.1) is 0 Å². The molecule has 0 saturated heterocycles. The van der Waals surface area contributed by atoms with Crippen molar-refractivity contribution in [3.8, 4) is 0 Å². The molecule has 0 aliphatic heterocycles. The molecule has 0 radical (unpaired) electrons. The lowest BCUT2D eigenvalue weighted by Crippen LogP contribution is -2.28. The van der Waals surface area contributed by atoms with E-state index in [1.165, 1.54) is 19.3 Å². The second kappa shape index (κ2) is 7.56. The molecule has 0 aromatic carbocycles. The summed E-state index contributed by atoms with van der Waals surface area (Å²) in [6, 6.07) is 0.601. The minimum Gasteiger partial charge on any atom is -0.393 e. The number of hydrogen-bond donors (Lipinski definition) is 2. The van der Waals surface area contributed by atoms with E-state index in [4.69, 9.17) is 5.11 Å². The average Bonchev–Trinajstić information content (AvgIpc) is 2.00. The predicted octanol–water partition coefficient (Wildman–Crippen LogP) is 1.93. The van der Waals surface area contributed by atoms with Crippen molar-refractivity contribution >= 4 is 0 Å². The molecule has 12 heavy (non-hydrogen) atoms. The third-order valence-electron chi connectivity index (χ3n) is 2.05. The molecule has 0 spiro atoms. The molecule has 2 heteroatoms. The Balaban J connectivity index is 3.13. The van der Waals surface area contributed by atoms with Crippen molar-refractivity contribution in [2.45, 2.75) is 58.6 Å². The summed E-state index contributed by atoms with van der Waals surface area (Å²) in [6.45, 7) is 7.18. The standard InChI is InChI=1S/C10H23NO/c1-4-5-6-9(2)11-8-7-10(3)12/h9-12H,4-8H2,1-3H3. The maximum Gasteiger partial charge on any atom is 0.0524 e. The summed E-state index contributed by atoms with van der Waals surface area (Å²) in [6.07, 6.45) is 4.49. The van der Waals surface area contributed by atoms with Gasteiger partial charge < -0.3 is 10.4 Å². The Morgan fingerprint density at radius 2 is 1.92 bits per heavy atom. The Morgan fingerprint density at radius 3 is 2.42 bits per heavy atom. The summed E-state index contributed by atoms with van der Waals surface area (Å²) in [5.41, 5.74) is 0. The van der Waals surface area contributed by atoms with E-state index in [2.05, 4.69) is 19.2 Å². The Labute approximate surface area is 76.4 Å². The molecule has 0 aliphatic rings. The van der Waals surface area contributed by atoms with Crippen molar-refractivity contribution in [1.29, 1.82) is 0 Å². The van der Waals surface area contributed by atoms with Gasteiger partial charge in [-0.2, -0.15) is 0 Å². The van der Waals surface area contributed by atoms with Gasteiger partial charge in [-0.05, 0) is 33.2 Å². The first kappa shape index (κ1) is 11.9. The topological polar surface area (TPSA) is 32.3 Å². The van der Waals surface area contributed by atoms with Crippen molar-refractivity contribution in [2.75, 3.05) is 6.54 Å². The molecule has 0 rings (SSSR count). The number of nitrogens with one attached hydrogen (secondary N) is 1. The first-order valence-electron chi connectivity index (χ1n) is 5.08. The van der Waals surface area contributed by atoms with Gasteiger partial charge in [0.05, 0.1) is 6.10 Å².